The van der Waals surface area contributed by atoms with Crippen molar-refractivity contribution in [2.24, 2.45) is 5.92 Å². The first-order chi connectivity index (χ1) is 9.60. The maximum Gasteiger partial charge on any atom is 0.319 e. The first kappa shape index (κ1) is 14.0. The number of carbonyl (C=O) groups is 2. The highest BCUT2D eigenvalue weighted by Gasteiger charge is 2.17. The smallest absolute Gasteiger partial charge is 0.319 e. The summed E-state index contributed by atoms with van der Waals surface area (Å²) in [4.78, 5) is 22.5. The molecule has 1 atom stereocenters. The lowest BCUT2D eigenvalue weighted by Crippen LogP contribution is -2.35. The number of ether oxygens (including phenoxy) is 2. The van der Waals surface area contributed by atoms with Gasteiger partial charge in [0.25, 0.3) is 0 Å². The van der Waals surface area contributed by atoms with E-state index in [2.05, 4.69) is 10.6 Å². The van der Waals surface area contributed by atoms with Crippen LogP contribution in [0.3, 0.4) is 0 Å². The first-order valence-electron chi connectivity index (χ1n) is 6.27. The zero-order valence-electron chi connectivity index (χ0n) is 11.0. The maximum absolute atomic E-state index is 11.7. The summed E-state index contributed by atoms with van der Waals surface area (Å²) in [6, 6.07) is 4.57. The van der Waals surface area contributed by atoms with Crippen molar-refractivity contribution >= 4 is 17.7 Å². The van der Waals surface area contributed by atoms with Gasteiger partial charge in [-0.2, -0.15) is 0 Å². The summed E-state index contributed by atoms with van der Waals surface area (Å²) < 4.78 is 10.4. The summed E-state index contributed by atoms with van der Waals surface area (Å²) in [5, 5.41) is 14.0. The minimum Gasteiger partial charge on any atom is -0.481 e. The molecule has 1 heterocycles. The summed E-state index contributed by atoms with van der Waals surface area (Å²) in [7, 11) is 0. The average molecular weight is 280 g/mol. The third kappa shape index (κ3) is 3.31. The van der Waals surface area contributed by atoms with Gasteiger partial charge < -0.3 is 25.2 Å². The fourth-order valence-corrected chi connectivity index (χ4v) is 1.77. The molecule has 1 aliphatic heterocycles. The zero-order valence-corrected chi connectivity index (χ0v) is 11.0. The zero-order chi connectivity index (χ0) is 14.5. The van der Waals surface area contributed by atoms with Gasteiger partial charge in [0.15, 0.2) is 11.5 Å². The Balaban J connectivity index is 1.87. The molecule has 0 aliphatic carbocycles. The number of carboxylic acid groups (broad SMARTS) is 1. The Bertz CT molecular complexity index is 517. The molecule has 0 bridgehead atoms. The second-order valence-corrected chi connectivity index (χ2v) is 4.35. The summed E-state index contributed by atoms with van der Waals surface area (Å²) in [6.07, 6.45) is 0.458. The molecule has 3 N–H and O–H groups in total. The average Bonchev–Trinajstić information content (AvgIpc) is 2.86. The number of hydrogen-bond donors (Lipinski definition) is 3. The molecule has 0 saturated heterocycles. The van der Waals surface area contributed by atoms with Gasteiger partial charge in [0.2, 0.25) is 6.79 Å². The number of aliphatic carboxylic acids is 1. The summed E-state index contributed by atoms with van der Waals surface area (Å²) >= 11 is 0. The highest BCUT2D eigenvalue weighted by molar-refractivity contribution is 5.90. The molecule has 7 nitrogen and oxygen atoms in total. The van der Waals surface area contributed by atoms with Crippen LogP contribution in [-0.4, -0.2) is 30.4 Å². The number of carboxylic acids is 1. The van der Waals surface area contributed by atoms with Crippen molar-refractivity contribution in [2.75, 3.05) is 18.7 Å². The Morgan fingerprint density at radius 1 is 1.35 bits per heavy atom. The molecular formula is C13H16N2O5. The lowest BCUT2D eigenvalue weighted by molar-refractivity contribution is -0.141. The Kier molecular flexibility index (Phi) is 4.29. The van der Waals surface area contributed by atoms with Crippen LogP contribution in [0.25, 0.3) is 0 Å². The van der Waals surface area contributed by atoms with Crippen LogP contribution < -0.4 is 20.1 Å². The number of rotatable bonds is 5. The van der Waals surface area contributed by atoms with Crippen LogP contribution in [0, 0.1) is 5.92 Å². The molecule has 7 heteroatoms. The monoisotopic (exact) mass is 280 g/mol. The Morgan fingerprint density at radius 2 is 2.10 bits per heavy atom. The highest BCUT2D eigenvalue weighted by atomic mass is 16.7. The summed E-state index contributed by atoms with van der Waals surface area (Å²) in [5.41, 5.74) is 0.551. The molecule has 0 fully saturated rings. The normalized spacial score (nSPS) is 13.7. The molecule has 0 spiro atoms. The van der Waals surface area contributed by atoms with Gasteiger partial charge in [0.1, 0.15) is 0 Å². The number of amides is 2. The van der Waals surface area contributed by atoms with E-state index in [0.717, 1.165) is 0 Å². The van der Waals surface area contributed by atoms with E-state index < -0.39 is 17.9 Å². The molecule has 0 aromatic heterocycles. The van der Waals surface area contributed by atoms with Gasteiger partial charge in [-0.25, -0.2) is 4.79 Å². The van der Waals surface area contributed by atoms with E-state index in [9.17, 15) is 9.59 Å². The van der Waals surface area contributed by atoms with Gasteiger partial charge in [0.05, 0.1) is 5.92 Å². The van der Waals surface area contributed by atoms with Gasteiger partial charge in [-0.05, 0) is 18.6 Å². The van der Waals surface area contributed by atoms with E-state index >= 15 is 0 Å². The third-order valence-corrected chi connectivity index (χ3v) is 2.98. The van der Waals surface area contributed by atoms with Crippen LogP contribution in [0.2, 0.25) is 0 Å². The largest absolute Gasteiger partial charge is 0.481 e. The minimum absolute atomic E-state index is 0.0855. The number of urea groups is 1. The second kappa shape index (κ2) is 6.14. The topological polar surface area (TPSA) is 96.9 Å². The SMILES string of the molecule is CCC(CNC(=O)Nc1ccc2c(c1)OCO2)C(=O)O. The quantitative estimate of drug-likeness (QED) is 0.762. The van der Waals surface area contributed by atoms with Gasteiger partial charge in [-0.15, -0.1) is 0 Å². The third-order valence-electron chi connectivity index (χ3n) is 2.98. The summed E-state index contributed by atoms with van der Waals surface area (Å²) in [5.74, 6) is -0.305. The van der Waals surface area contributed by atoms with Gasteiger partial charge >= 0.3 is 12.0 Å². The van der Waals surface area contributed by atoms with Gasteiger partial charge in [-0.1, -0.05) is 6.92 Å². The molecule has 2 amide bonds. The minimum atomic E-state index is -0.920. The molecule has 1 aromatic rings. The predicted molar refractivity (Wildman–Crippen MR) is 71.0 cm³/mol. The van der Waals surface area contributed by atoms with E-state index in [1.54, 1.807) is 25.1 Å². The van der Waals surface area contributed by atoms with Crippen LogP contribution >= 0.6 is 0 Å². The van der Waals surface area contributed by atoms with Gasteiger partial charge in [0, 0.05) is 18.3 Å². The number of carbonyl (C=O) groups excluding carboxylic acids is 1. The Morgan fingerprint density at radius 3 is 2.80 bits per heavy atom. The molecule has 1 unspecified atom stereocenters. The van der Waals surface area contributed by atoms with Crippen molar-refractivity contribution in [1.29, 1.82) is 0 Å². The molecule has 2 rings (SSSR count). The molecule has 0 saturated carbocycles. The number of nitrogens with one attached hydrogen (secondary N) is 2. The predicted octanol–water partition coefficient (Wildman–Crippen LogP) is 1.65. The van der Waals surface area contributed by atoms with Crippen molar-refractivity contribution in [3.63, 3.8) is 0 Å². The van der Waals surface area contributed by atoms with E-state index in [-0.39, 0.29) is 13.3 Å². The number of fused-ring (bicyclic) bond motifs is 1. The van der Waals surface area contributed by atoms with Crippen molar-refractivity contribution in [1.82, 2.24) is 5.32 Å². The molecule has 20 heavy (non-hydrogen) atoms. The van der Waals surface area contributed by atoms with Crippen LogP contribution in [0.4, 0.5) is 10.5 Å². The van der Waals surface area contributed by atoms with Crippen molar-refractivity contribution in [2.45, 2.75) is 13.3 Å². The Labute approximate surface area is 115 Å². The second-order valence-electron chi connectivity index (χ2n) is 4.35. The number of hydrogen-bond acceptors (Lipinski definition) is 4. The maximum atomic E-state index is 11.7. The molecule has 0 radical (unpaired) electrons. The summed E-state index contributed by atoms with van der Waals surface area (Å²) in [6.45, 7) is 2.01. The van der Waals surface area contributed by atoms with Crippen molar-refractivity contribution in [3.05, 3.63) is 18.2 Å². The molecule has 1 aliphatic rings. The Hall–Kier alpha value is -2.44. The van der Waals surface area contributed by atoms with E-state index in [4.69, 9.17) is 14.6 Å². The fourth-order valence-electron chi connectivity index (χ4n) is 1.77. The van der Waals surface area contributed by atoms with E-state index in [0.29, 0.717) is 23.6 Å². The number of anilines is 1. The van der Waals surface area contributed by atoms with Crippen LogP contribution in [0.5, 0.6) is 11.5 Å². The van der Waals surface area contributed by atoms with Crippen LogP contribution in [-0.2, 0) is 4.79 Å². The van der Waals surface area contributed by atoms with E-state index in [1.165, 1.54) is 0 Å². The van der Waals surface area contributed by atoms with Crippen molar-refractivity contribution in [3.8, 4) is 11.5 Å². The first-order valence-corrected chi connectivity index (χ1v) is 6.27. The highest BCUT2D eigenvalue weighted by Crippen LogP contribution is 2.34. The van der Waals surface area contributed by atoms with E-state index in [1.807, 2.05) is 0 Å². The molecule has 108 valence electrons. The standard InChI is InChI=1S/C13H16N2O5/c1-2-8(12(16)17)6-14-13(18)15-9-3-4-10-11(5-9)20-7-19-10/h3-5,8H,2,6-7H2,1H3,(H,16,17)(H2,14,15,18). The number of benzene rings is 1. The molecule has 1 aromatic carbocycles. The van der Waals surface area contributed by atoms with Gasteiger partial charge in [-0.3, -0.25) is 4.79 Å². The molecular weight excluding hydrogens is 264 g/mol. The van der Waals surface area contributed by atoms with Crippen molar-refractivity contribution < 1.29 is 24.2 Å². The fraction of sp³-hybridized carbons (Fsp3) is 0.385. The van der Waals surface area contributed by atoms with Crippen LogP contribution in [0.1, 0.15) is 13.3 Å². The van der Waals surface area contributed by atoms with Crippen LogP contribution in [0.15, 0.2) is 18.2 Å². The lowest BCUT2D eigenvalue weighted by atomic mass is 10.1. The lowest BCUT2D eigenvalue weighted by Gasteiger charge is -2.12.